The van der Waals surface area contributed by atoms with Crippen LogP contribution in [0.15, 0.2) is 24.4 Å². The molecule has 1 aliphatic rings. The molecule has 1 saturated carbocycles. The van der Waals surface area contributed by atoms with E-state index in [1.165, 1.54) is 40.8 Å². The van der Waals surface area contributed by atoms with E-state index in [-0.39, 0.29) is 0 Å². The van der Waals surface area contributed by atoms with Crippen LogP contribution < -0.4 is 5.32 Å². The molecule has 0 unspecified atom stereocenters. The zero-order chi connectivity index (χ0) is 13.4. The van der Waals surface area contributed by atoms with Gasteiger partial charge in [0.15, 0.2) is 0 Å². The van der Waals surface area contributed by atoms with E-state index < -0.39 is 0 Å². The Bertz CT molecular complexity index is 594. The van der Waals surface area contributed by atoms with Crippen LogP contribution in [0.5, 0.6) is 0 Å². The van der Waals surface area contributed by atoms with Crippen LogP contribution in [0.25, 0.3) is 11.1 Å². The summed E-state index contributed by atoms with van der Waals surface area (Å²) in [7, 11) is 2.00. The number of rotatable bonds is 4. The van der Waals surface area contributed by atoms with E-state index in [1.54, 1.807) is 0 Å². The van der Waals surface area contributed by atoms with E-state index in [2.05, 4.69) is 42.5 Å². The Hall–Kier alpha value is -1.61. The number of hydrogen-bond donors (Lipinski definition) is 1. The molecule has 3 nitrogen and oxygen atoms in total. The second-order valence-electron chi connectivity index (χ2n) is 5.58. The van der Waals surface area contributed by atoms with Gasteiger partial charge in [-0.15, -0.1) is 0 Å². The van der Waals surface area contributed by atoms with Gasteiger partial charge in [0.25, 0.3) is 0 Å². The summed E-state index contributed by atoms with van der Waals surface area (Å²) < 4.78 is 1.94. The van der Waals surface area contributed by atoms with Crippen molar-refractivity contribution >= 4 is 0 Å². The normalized spacial score (nSPS) is 14.9. The monoisotopic (exact) mass is 255 g/mol. The number of aromatic nitrogens is 2. The summed E-state index contributed by atoms with van der Waals surface area (Å²) in [6.45, 7) is 5.23. The predicted octanol–water partition coefficient (Wildman–Crippen LogP) is 2.96. The minimum Gasteiger partial charge on any atom is -0.310 e. The maximum atomic E-state index is 4.37. The zero-order valence-corrected chi connectivity index (χ0v) is 11.9. The summed E-state index contributed by atoms with van der Waals surface area (Å²) in [5.74, 6) is 0. The van der Waals surface area contributed by atoms with Crippen LogP contribution in [-0.2, 0) is 13.6 Å². The molecule has 3 heteroatoms. The summed E-state index contributed by atoms with van der Waals surface area (Å²) in [6.07, 6.45) is 4.63. The topological polar surface area (TPSA) is 29.9 Å². The molecule has 19 heavy (non-hydrogen) atoms. The Labute approximate surface area is 114 Å². The van der Waals surface area contributed by atoms with E-state index in [0.717, 1.165) is 12.6 Å². The van der Waals surface area contributed by atoms with Crippen molar-refractivity contribution in [1.82, 2.24) is 15.1 Å². The summed E-state index contributed by atoms with van der Waals surface area (Å²) in [5.41, 5.74) is 6.46. The Morgan fingerprint density at radius 3 is 2.68 bits per heavy atom. The van der Waals surface area contributed by atoms with E-state index in [1.807, 2.05) is 17.9 Å². The molecule has 1 aromatic heterocycles. The summed E-state index contributed by atoms with van der Waals surface area (Å²) >= 11 is 0. The highest BCUT2D eigenvalue weighted by Gasteiger charge is 2.21. The molecular weight excluding hydrogens is 234 g/mol. The molecule has 0 spiro atoms. The average molecular weight is 255 g/mol. The van der Waals surface area contributed by atoms with Gasteiger partial charge in [0, 0.05) is 30.9 Å². The van der Waals surface area contributed by atoms with E-state index >= 15 is 0 Å². The molecular formula is C16H21N3. The fourth-order valence-electron chi connectivity index (χ4n) is 2.40. The highest BCUT2D eigenvalue weighted by atomic mass is 15.3. The number of aryl methyl sites for hydroxylation is 2. The summed E-state index contributed by atoms with van der Waals surface area (Å²) in [6, 6.07) is 7.45. The molecule has 1 heterocycles. The third kappa shape index (κ3) is 2.56. The van der Waals surface area contributed by atoms with Gasteiger partial charge in [0.2, 0.25) is 0 Å². The molecule has 2 aromatic rings. The van der Waals surface area contributed by atoms with Gasteiger partial charge in [-0.3, -0.25) is 4.68 Å². The van der Waals surface area contributed by atoms with Crippen molar-refractivity contribution < 1.29 is 0 Å². The standard InChI is InChI=1S/C16H21N3/c1-11-4-5-13(9-17-14-6-7-14)15(8-11)16-10-18-19(3)12(16)2/h4-5,8,10,14,17H,6-7,9H2,1-3H3. The molecule has 3 rings (SSSR count). The molecule has 1 aromatic carbocycles. The largest absolute Gasteiger partial charge is 0.310 e. The molecule has 0 aliphatic heterocycles. The Balaban J connectivity index is 1.97. The first-order valence-electron chi connectivity index (χ1n) is 6.97. The smallest absolute Gasteiger partial charge is 0.0571 e. The van der Waals surface area contributed by atoms with Crippen LogP contribution in [0.1, 0.15) is 29.7 Å². The van der Waals surface area contributed by atoms with Gasteiger partial charge in [-0.2, -0.15) is 5.10 Å². The van der Waals surface area contributed by atoms with Crippen LogP contribution in [0.2, 0.25) is 0 Å². The maximum absolute atomic E-state index is 4.37. The lowest BCUT2D eigenvalue weighted by molar-refractivity contribution is 0.688. The van der Waals surface area contributed by atoms with Crippen LogP contribution in [0.4, 0.5) is 0 Å². The van der Waals surface area contributed by atoms with E-state index in [0.29, 0.717) is 0 Å². The fourth-order valence-corrected chi connectivity index (χ4v) is 2.40. The van der Waals surface area contributed by atoms with Gasteiger partial charge in [0.05, 0.1) is 6.20 Å². The Morgan fingerprint density at radius 1 is 1.26 bits per heavy atom. The number of nitrogens with one attached hydrogen (secondary N) is 1. The highest BCUT2D eigenvalue weighted by Crippen LogP contribution is 2.28. The van der Waals surface area contributed by atoms with Crippen molar-refractivity contribution in [2.45, 2.75) is 39.3 Å². The van der Waals surface area contributed by atoms with Crippen molar-refractivity contribution in [3.05, 3.63) is 41.2 Å². The average Bonchev–Trinajstić information content (AvgIpc) is 3.16. The fraction of sp³-hybridized carbons (Fsp3) is 0.438. The summed E-state index contributed by atoms with van der Waals surface area (Å²) in [5, 5.41) is 7.97. The molecule has 0 atom stereocenters. The number of nitrogens with zero attached hydrogens (tertiary/aromatic N) is 2. The molecule has 0 radical (unpaired) electrons. The predicted molar refractivity (Wildman–Crippen MR) is 78.0 cm³/mol. The maximum Gasteiger partial charge on any atom is 0.0571 e. The minimum absolute atomic E-state index is 0.740. The van der Waals surface area contributed by atoms with Crippen molar-refractivity contribution in [3.63, 3.8) is 0 Å². The van der Waals surface area contributed by atoms with Gasteiger partial charge in [-0.05, 0) is 37.8 Å². The van der Waals surface area contributed by atoms with Gasteiger partial charge in [0.1, 0.15) is 0 Å². The number of benzene rings is 1. The van der Waals surface area contributed by atoms with Crippen molar-refractivity contribution in [3.8, 4) is 11.1 Å². The Kier molecular flexibility index (Phi) is 3.15. The first kappa shape index (κ1) is 12.4. The van der Waals surface area contributed by atoms with Crippen molar-refractivity contribution in [2.24, 2.45) is 7.05 Å². The van der Waals surface area contributed by atoms with E-state index in [9.17, 15) is 0 Å². The van der Waals surface area contributed by atoms with Crippen LogP contribution in [0.3, 0.4) is 0 Å². The minimum atomic E-state index is 0.740. The lowest BCUT2D eigenvalue weighted by atomic mass is 9.98. The molecule has 1 aliphatic carbocycles. The van der Waals surface area contributed by atoms with Gasteiger partial charge >= 0.3 is 0 Å². The first-order chi connectivity index (χ1) is 9.15. The molecule has 1 N–H and O–H groups in total. The molecule has 0 saturated heterocycles. The SMILES string of the molecule is Cc1ccc(CNC2CC2)c(-c2cnn(C)c2C)c1. The first-order valence-corrected chi connectivity index (χ1v) is 6.97. The molecule has 1 fully saturated rings. The van der Waals surface area contributed by atoms with Crippen LogP contribution in [0, 0.1) is 13.8 Å². The molecule has 100 valence electrons. The van der Waals surface area contributed by atoms with E-state index in [4.69, 9.17) is 0 Å². The number of hydrogen-bond acceptors (Lipinski definition) is 2. The van der Waals surface area contributed by atoms with Crippen molar-refractivity contribution in [1.29, 1.82) is 0 Å². The summed E-state index contributed by atoms with van der Waals surface area (Å²) in [4.78, 5) is 0. The Morgan fingerprint density at radius 2 is 2.05 bits per heavy atom. The van der Waals surface area contributed by atoms with Gasteiger partial charge in [-0.25, -0.2) is 0 Å². The lowest BCUT2D eigenvalue weighted by Gasteiger charge is -2.11. The third-order valence-corrected chi connectivity index (χ3v) is 3.95. The van der Waals surface area contributed by atoms with Crippen LogP contribution >= 0.6 is 0 Å². The van der Waals surface area contributed by atoms with Crippen molar-refractivity contribution in [2.75, 3.05) is 0 Å². The lowest BCUT2D eigenvalue weighted by Crippen LogP contribution is -2.16. The second kappa shape index (κ2) is 4.82. The third-order valence-electron chi connectivity index (χ3n) is 3.95. The quantitative estimate of drug-likeness (QED) is 0.910. The molecule has 0 amide bonds. The van der Waals surface area contributed by atoms with Crippen LogP contribution in [-0.4, -0.2) is 15.8 Å². The second-order valence-corrected chi connectivity index (χ2v) is 5.58. The van der Waals surface area contributed by atoms with Gasteiger partial charge in [-0.1, -0.05) is 23.8 Å². The zero-order valence-electron chi connectivity index (χ0n) is 11.9. The highest BCUT2D eigenvalue weighted by molar-refractivity contribution is 5.69. The van der Waals surface area contributed by atoms with Gasteiger partial charge < -0.3 is 5.32 Å². The molecule has 0 bridgehead atoms.